The van der Waals surface area contributed by atoms with Crippen molar-refractivity contribution >= 4 is 33.0 Å². The van der Waals surface area contributed by atoms with E-state index in [0.29, 0.717) is 30.8 Å². The Labute approximate surface area is 204 Å². The Morgan fingerprint density at radius 1 is 1.15 bits per heavy atom. The van der Waals surface area contributed by atoms with Crippen LogP contribution in [-0.4, -0.2) is 78.8 Å². The van der Waals surface area contributed by atoms with Gasteiger partial charge in [-0.2, -0.15) is 0 Å². The zero-order valence-electron chi connectivity index (χ0n) is 19.8. The molecule has 0 bridgehead atoms. The van der Waals surface area contributed by atoms with Crippen LogP contribution in [0.1, 0.15) is 64.9 Å². The molecule has 1 unspecified atom stereocenters. The molecule has 2 saturated heterocycles. The van der Waals surface area contributed by atoms with Crippen LogP contribution < -0.4 is 4.74 Å². The molecule has 10 heteroatoms. The first-order valence-corrected chi connectivity index (χ1v) is 14.3. The fourth-order valence-electron chi connectivity index (χ4n) is 4.46. The third-order valence-corrected chi connectivity index (χ3v) is 9.18. The number of thiazole rings is 1. The number of hydrogen-bond acceptors (Lipinski definition) is 7. The molecule has 34 heavy (non-hydrogen) atoms. The van der Waals surface area contributed by atoms with E-state index in [1.807, 2.05) is 30.9 Å². The number of carbonyl (C=O) groups is 2. The summed E-state index contributed by atoms with van der Waals surface area (Å²) in [5.74, 6) is 0.880. The van der Waals surface area contributed by atoms with Crippen LogP contribution >= 0.6 is 11.3 Å². The van der Waals surface area contributed by atoms with E-state index in [2.05, 4.69) is 4.98 Å². The van der Waals surface area contributed by atoms with Gasteiger partial charge >= 0.3 is 0 Å². The van der Waals surface area contributed by atoms with Crippen LogP contribution in [0.5, 0.6) is 5.75 Å². The van der Waals surface area contributed by atoms with Crippen molar-refractivity contribution in [3.63, 3.8) is 0 Å². The molecule has 0 spiro atoms. The molecule has 1 aromatic heterocycles. The van der Waals surface area contributed by atoms with Gasteiger partial charge in [-0.15, -0.1) is 11.3 Å². The summed E-state index contributed by atoms with van der Waals surface area (Å²) in [6.45, 7) is 5.20. The Kier molecular flexibility index (Phi) is 7.28. The molecule has 0 aliphatic carbocycles. The van der Waals surface area contributed by atoms with Crippen molar-refractivity contribution in [3.05, 3.63) is 45.9 Å². The number of carbonyl (C=O) groups excluding carboxylic acids is 2. The van der Waals surface area contributed by atoms with Crippen molar-refractivity contribution in [2.45, 2.75) is 51.2 Å². The van der Waals surface area contributed by atoms with E-state index < -0.39 is 9.84 Å². The maximum atomic E-state index is 12.9. The van der Waals surface area contributed by atoms with Gasteiger partial charge in [0.1, 0.15) is 11.4 Å². The maximum Gasteiger partial charge on any atom is 0.273 e. The van der Waals surface area contributed by atoms with Gasteiger partial charge in [-0.05, 0) is 57.4 Å². The maximum absolute atomic E-state index is 12.9. The highest BCUT2D eigenvalue weighted by Gasteiger charge is 2.34. The molecule has 1 atom stereocenters. The lowest BCUT2D eigenvalue weighted by Crippen LogP contribution is -2.38. The number of sulfone groups is 1. The molecular formula is C24H31N3O5S2. The summed E-state index contributed by atoms with van der Waals surface area (Å²) in [4.78, 5) is 33.7. The molecule has 8 nitrogen and oxygen atoms in total. The Balaban J connectivity index is 1.32. The van der Waals surface area contributed by atoms with Gasteiger partial charge in [0.25, 0.3) is 11.8 Å². The number of amides is 2. The lowest BCUT2D eigenvalue weighted by Gasteiger charge is -2.31. The minimum Gasteiger partial charge on any atom is -0.491 e. The largest absolute Gasteiger partial charge is 0.491 e. The molecule has 2 aliphatic rings. The topological polar surface area (TPSA) is 96.9 Å². The Bertz CT molecular complexity index is 1140. The molecule has 1 aromatic carbocycles. The molecule has 2 aliphatic heterocycles. The van der Waals surface area contributed by atoms with Crippen molar-refractivity contribution in [1.82, 2.24) is 14.8 Å². The zero-order valence-corrected chi connectivity index (χ0v) is 21.4. The van der Waals surface area contributed by atoms with E-state index in [1.165, 1.54) is 16.2 Å². The predicted octanol–water partition coefficient (Wildman–Crippen LogP) is 3.21. The number of nitrogens with zero attached hydrogens (tertiary/aromatic N) is 3. The van der Waals surface area contributed by atoms with E-state index in [9.17, 15) is 18.0 Å². The minimum absolute atomic E-state index is 0.0118. The van der Waals surface area contributed by atoms with E-state index in [4.69, 9.17) is 4.74 Å². The average molecular weight is 506 g/mol. The monoisotopic (exact) mass is 505 g/mol. The van der Waals surface area contributed by atoms with Crippen LogP contribution in [0.15, 0.2) is 29.6 Å². The molecule has 4 rings (SSSR count). The fraction of sp³-hybridized carbons (Fsp3) is 0.542. The summed E-state index contributed by atoms with van der Waals surface area (Å²) in [5.41, 5.74) is 1.02. The van der Waals surface area contributed by atoms with Crippen molar-refractivity contribution in [2.75, 3.05) is 31.6 Å². The van der Waals surface area contributed by atoms with Gasteiger partial charge in [0, 0.05) is 43.0 Å². The SMILES string of the molecule is CC(C)Oc1ccc(C(=O)N2CCC(c3nc(C(=O)N(C)C4CCS(=O)(=O)C4)cs3)CC2)cc1. The number of aromatic nitrogens is 1. The molecular weight excluding hydrogens is 474 g/mol. The predicted molar refractivity (Wildman–Crippen MR) is 131 cm³/mol. The first-order valence-electron chi connectivity index (χ1n) is 11.6. The summed E-state index contributed by atoms with van der Waals surface area (Å²) in [7, 11) is -1.41. The number of hydrogen-bond donors (Lipinski definition) is 0. The van der Waals surface area contributed by atoms with Crippen molar-refractivity contribution in [2.24, 2.45) is 0 Å². The van der Waals surface area contributed by atoms with Gasteiger partial charge in [-0.1, -0.05) is 0 Å². The number of benzene rings is 1. The second kappa shape index (κ2) is 10.0. The third kappa shape index (κ3) is 5.60. The highest BCUT2D eigenvalue weighted by Crippen LogP contribution is 2.31. The first-order chi connectivity index (χ1) is 16.1. The summed E-state index contributed by atoms with van der Waals surface area (Å²) in [5, 5.41) is 2.66. The molecule has 0 saturated carbocycles. The normalized spacial score (nSPS) is 20.5. The van der Waals surface area contributed by atoms with Gasteiger partial charge < -0.3 is 14.5 Å². The van der Waals surface area contributed by atoms with Gasteiger partial charge in [-0.3, -0.25) is 9.59 Å². The van der Waals surface area contributed by atoms with Crippen LogP contribution in [0.25, 0.3) is 0 Å². The average Bonchev–Trinajstić information content (AvgIpc) is 3.44. The highest BCUT2D eigenvalue weighted by molar-refractivity contribution is 7.91. The van der Waals surface area contributed by atoms with Crippen LogP contribution in [-0.2, 0) is 9.84 Å². The molecule has 2 aromatic rings. The Hall–Kier alpha value is -2.46. The molecule has 0 radical (unpaired) electrons. The van der Waals surface area contributed by atoms with Crippen molar-refractivity contribution in [1.29, 1.82) is 0 Å². The summed E-state index contributed by atoms with van der Waals surface area (Å²) < 4.78 is 29.1. The van der Waals surface area contributed by atoms with E-state index in [0.717, 1.165) is 23.6 Å². The lowest BCUT2D eigenvalue weighted by atomic mass is 9.97. The van der Waals surface area contributed by atoms with Crippen LogP contribution in [0.3, 0.4) is 0 Å². The molecule has 184 valence electrons. The molecule has 2 amide bonds. The second-order valence-corrected chi connectivity index (χ2v) is 12.4. The van der Waals surface area contributed by atoms with Crippen molar-refractivity contribution in [3.8, 4) is 5.75 Å². The smallest absolute Gasteiger partial charge is 0.273 e. The van der Waals surface area contributed by atoms with Crippen LogP contribution in [0.4, 0.5) is 0 Å². The minimum atomic E-state index is -3.06. The standard InChI is InChI=1S/C24H31N3O5S2/c1-16(2)32-20-6-4-18(5-7-20)23(28)27-11-8-17(9-12-27)22-25-21(14-33-22)24(29)26(3)19-10-13-34(30,31)15-19/h4-7,14,16-17,19H,8-13,15H2,1-3H3. The van der Waals surface area contributed by atoms with E-state index in [1.54, 1.807) is 24.6 Å². The van der Waals surface area contributed by atoms with Gasteiger partial charge in [-0.25, -0.2) is 13.4 Å². The fourth-order valence-corrected chi connectivity index (χ4v) is 7.20. The number of piperidine rings is 1. The Morgan fingerprint density at radius 2 is 1.82 bits per heavy atom. The number of rotatable bonds is 6. The zero-order chi connectivity index (χ0) is 24.5. The molecule has 2 fully saturated rings. The number of likely N-dealkylation sites (tertiary alicyclic amines) is 1. The molecule has 0 N–H and O–H groups in total. The lowest BCUT2D eigenvalue weighted by molar-refractivity contribution is 0.0712. The summed E-state index contributed by atoms with van der Waals surface area (Å²) in [6, 6.07) is 6.97. The molecule has 3 heterocycles. The van der Waals surface area contributed by atoms with Crippen LogP contribution in [0.2, 0.25) is 0 Å². The van der Waals surface area contributed by atoms with Gasteiger partial charge in [0.2, 0.25) is 0 Å². The van der Waals surface area contributed by atoms with E-state index in [-0.39, 0.29) is 41.4 Å². The van der Waals surface area contributed by atoms with Crippen molar-refractivity contribution < 1.29 is 22.7 Å². The van der Waals surface area contributed by atoms with Crippen LogP contribution in [0, 0.1) is 0 Å². The summed E-state index contributed by atoms with van der Waals surface area (Å²) >= 11 is 1.46. The number of ether oxygens (including phenoxy) is 1. The van der Waals surface area contributed by atoms with Gasteiger partial charge in [0.15, 0.2) is 9.84 Å². The summed E-state index contributed by atoms with van der Waals surface area (Å²) in [6.07, 6.45) is 2.14. The van der Waals surface area contributed by atoms with Gasteiger partial charge in [0.05, 0.1) is 22.6 Å². The first kappa shape index (κ1) is 24.7. The quantitative estimate of drug-likeness (QED) is 0.598. The highest BCUT2D eigenvalue weighted by atomic mass is 32.2. The Morgan fingerprint density at radius 3 is 2.41 bits per heavy atom. The third-order valence-electron chi connectivity index (χ3n) is 6.42. The van der Waals surface area contributed by atoms with E-state index >= 15 is 0 Å². The second-order valence-electron chi connectivity index (χ2n) is 9.30.